The van der Waals surface area contributed by atoms with Gasteiger partial charge in [-0.2, -0.15) is 0 Å². The number of rotatable bonds is 4. The molecule has 7 heteroatoms. The molecule has 2 fully saturated rings. The molecule has 2 saturated heterocycles. The Hall–Kier alpha value is -1.73. The number of amides is 1. The molecule has 1 N–H and O–H groups in total. The molecule has 1 unspecified atom stereocenters. The number of hydrogen-bond acceptors (Lipinski definition) is 6. The van der Waals surface area contributed by atoms with Gasteiger partial charge >= 0.3 is 0 Å². The fraction of sp³-hybridized carbons (Fsp3) is 0.750. The normalized spacial score (nSPS) is 24.1. The van der Waals surface area contributed by atoms with Crippen LogP contribution in [0.15, 0.2) is 0 Å². The van der Waals surface area contributed by atoms with Crippen LogP contribution in [-0.2, 0) is 22.5 Å². The van der Waals surface area contributed by atoms with Crippen LogP contribution < -0.4 is 5.32 Å². The van der Waals surface area contributed by atoms with Gasteiger partial charge in [-0.25, -0.2) is 9.97 Å². The van der Waals surface area contributed by atoms with Gasteiger partial charge in [-0.3, -0.25) is 4.79 Å². The third-order valence-corrected chi connectivity index (χ3v) is 6.15. The zero-order valence-electron chi connectivity index (χ0n) is 16.5. The summed E-state index contributed by atoms with van der Waals surface area (Å²) in [6, 6.07) is 0. The van der Waals surface area contributed by atoms with Gasteiger partial charge in [0.25, 0.3) is 0 Å². The molecule has 4 heterocycles. The summed E-state index contributed by atoms with van der Waals surface area (Å²) in [5.74, 6) is 2.50. The van der Waals surface area contributed by atoms with Crippen LogP contribution in [0, 0.1) is 0 Å². The number of fused-ring (bicyclic) bond motifs is 1. The van der Waals surface area contributed by atoms with E-state index < -0.39 is 0 Å². The zero-order chi connectivity index (χ0) is 18.8. The van der Waals surface area contributed by atoms with Crippen molar-refractivity contribution in [2.24, 2.45) is 0 Å². The Labute approximate surface area is 161 Å². The first-order chi connectivity index (χ1) is 13.1. The van der Waals surface area contributed by atoms with E-state index in [0.29, 0.717) is 12.3 Å². The molecule has 0 radical (unpaired) electrons. The van der Waals surface area contributed by atoms with Crippen molar-refractivity contribution in [1.29, 1.82) is 0 Å². The number of aromatic nitrogens is 2. The number of carbonyl (C=O) groups is 1. The minimum atomic E-state index is 0.134. The van der Waals surface area contributed by atoms with Crippen LogP contribution >= 0.6 is 0 Å². The number of likely N-dealkylation sites (tertiary alicyclic amines) is 1. The van der Waals surface area contributed by atoms with Crippen LogP contribution in [0.3, 0.4) is 0 Å². The summed E-state index contributed by atoms with van der Waals surface area (Å²) >= 11 is 0. The molecule has 7 nitrogen and oxygen atoms in total. The van der Waals surface area contributed by atoms with Crippen molar-refractivity contribution in [2.45, 2.75) is 57.1 Å². The lowest BCUT2D eigenvalue weighted by molar-refractivity contribution is -0.134. The molecule has 27 heavy (non-hydrogen) atoms. The van der Waals surface area contributed by atoms with E-state index in [-0.39, 0.29) is 12.0 Å². The minimum absolute atomic E-state index is 0.134. The van der Waals surface area contributed by atoms with Crippen molar-refractivity contribution in [3.63, 3.8) is 0 Å². The molecule has 1 aromatic heterocycles. The molecule has 1 atom stereocenters. The van der Waals surface area contributed by atoms with Crippen molar-refractivity contribution in [1.82, 2.24) is 19.8 Å². The van der Waals surface area contributed by atoms with E-state index in [4.69, 9.17) is 14.7 Å². The summed E-state index contributed by atoms with van der Waals surface area (Å²) in [7, 11) is 4.08. The molecule has 0 aromatic carbocycles. The van der Waals surface area contributed by atoms with Crippen molar-refractivity contribution in [3.05, 3.63) is 17.1 Å². The lowest BCUT2D eigenvalue weighted by atomic mass is 9.94. The molecule has 3 aliphatic heterocycles. The number of ether oxygens (including phenoxy) is 1. The lowest BCUT2D eigenvalue weighted by Crippen LogP contribution is -2.39. The first-order valence-corrected chi connectivity index (χ1v) is 10.3. The highest BCUT2D eigenvalue weighted by Gasteiger charge is 2.29. The topological polar surface area (TPSA) is 70.6 Å². The maximum atomic E-state index is 12.5. The average Bonchev–Trinajstić information content (AvgIpc) is 3.20. The van der Waals surface area contributed by atoms with Gasteiger partial charge in [-0.1, -0.05) is 0 Å². The summed E-state index contributed by atoms with van der Waals surface area (Å²) in [5, 5.41) is 3.27. The van der Waals surface area contributed by atoms with Crippen LogP contribution in [0.25, 0.3) is 0 Å². The van der Waals surface area contributed by atoms with Gasteiger partial charge in [0.1, 0.15) is 11.6 Å². The smallest absolute Gasteiger partial charge is 0.225 e. The SMILES string of the molecule is CNc1nc(C2CCN(C(=O)CC3CCCO3)CC2)nc2c1CCN(C)C2. The predicted molar refractivity (Wildman–Crippen MR) is 104 cm³/mol. The zero-order valence-corrected chi connectivity index (χ0v) is 16.5. The Morgan fingerprint density at radius 3 is 2.74 bits per heavy atom. The first-order valence-electron chi connectivity index (χ1n) is 10.3. The average molecular weight is 374 g/mol. The Bertz CT molecular complexity index is 681. The van der Waals surface area contributed by atoms with Gasteiger partial charge in [0.05, 0.1) is 18.2 Å². The highest BCUT2D eigenvalue weighted by atomic mass is 16.5. The number of carbonyl (C=O) groups excluding carboxylic acids is 1. The Balaban J connectivity index is 1.40. The number of hydrogen-bond donors (Lipinski definition) is 1. The highest BCUT2D eigenvalue weighted by Crippen LogP contribution is 2.30. The molecule has 0 saturated carbocycles. The second-order valence-electron chi connectivity index (χ2n) is 8.09. The van der Waals surface area contributed by atoms with Gasteiger partial charge in [0.2, 0.25) is 5.91 Å². The van der Waals surface area contributed by atoms with Gasteiger partial charge in [-0.05, 0) is 39.2 Å². The van der Waals surface area contributed by atoms with Crippen molar-refractivity contribution in [3.8, 4) is 0 Å². The Morgan fingerprint density at radius 1 is 1.22 bits per heavy atom. The lowest BCUT2D eigenvalue weighted by Gasteiger charge is -2.33. The summed E-state index contributed by atoms with van der Waals surface area (Å²) in [6.45, 7) is 4.34. The van der Waals surface area contributed by atoms with Crippen LogP contribution in [0.1, 0.15) is 55.1 Å². The quantitative estimate of drug-likeness (QED) is 0.868. The Morgan fingerprint density at radius 2 is 2.04 bits per heavy atom. The predicted octanol–water partition coefficient (Wildman–Crippen LogP) is 1.78. The van der Waals surface area contributed by atoms with E-state index >= 15 is 0 Å². The molecule has 1 amide bonds. The van der Waals surface area contributed by atoms with E-state index in [1.807, 2.05) is 11.9 Å². The van der Waals surface area contributed by atoms with Gasteiger partial charge < -0.3 is 19.9 Å². The molecule has 0 spiro atoms. The second-order valence-corrected chi connectivity index (χ2v) is 8.09. The van der Waals surface area contributed by atoms with E-state index in [1.165, 1.54) is 5.56 Å². The summed E-state index contributed by atoms with van der Waals surface area (Å²) in [6.07, 6.45) is 5.65. The molecule has 148 valence electrons. The van der Waals surface area contributed by atoms with Crippen molar-refractivity contribution >= 4 is 11.7 Å². The van der Waals surface area contributed by atoms with E-state index in [0.717, 1.165) is 82.2 Å². The number of likely N-dealkylation sites (N-methyl/N-ethyl adjacent to an activating group) is 1. The van der Waals surface area contributed by atoms with E-state index in [9.17, 15) is 4.79 Å². The maximum absolute atomic E-state index is 12.5. The third-order valence-electron chi connectivity index (χ3n) is 6.15. The van der Waals surface area contributed by atoms with Gasteiger partial charge in [-0.15, -0.1) is 0 Å². The summed E-state index contributed by atoms with van der Waals surface area (Å²) in [5.41, 5.74) is 2.43. The van der Waals surface area contributed by atoms with Crippen molar-refractivity contribution < 1.29 is 9.53 Å². The molecule has 0 bridgehead atoms. The second kappa shape index (κ2) is 8.10. The Kier molecular flexibility index (Phi) is 5.59. The fourth-order valence-electron chi connectivity index (χ4n) is 4.49. The number of nitrogens with zero attached hydrogens (tertiary/aromatic N) is 4. The monoisotopic (exact) mass is 373 g/mol. The highest BCUT2D eigenvalue weighted by molar-refractivity contribution is 5.76. The third kappa shape index (κ3) is 4.09. The largest absolute Gasteiger partial charge is 0.378 e. The molecule has 3 aliphatic rings. The molecular weight excluding hydrogens is 342 g/mol. The van der Waals surface area contributed by atoms with Crippen LogP contribution in [0.5, 0.6) is 0 Å². The fourth-order valence-corrected chi connectivity index (χ4v) is 4.49. The van der Waals surface area contributed by atoms with Gasteiger partial charge in [0, 0.05) is 51.3 Å². The van der Waals surface area contributed by atoms with Crippen LogP contribution in [-0.4, -0.2) is 72.1 Å². The first kappa shape index (κ1) is 18.6. The number of anilines is 1. The van der Waals surface area contributed by atoms with Crippen molar-refractivity contribution in [2.75, 3.05) is 45.7 Å². The summed E-state index contributed by atoms with van der Waals surface area (Å²) in [4.78, 5) is 26.6. The molecule has 4 rings (SSSR count). The molecule has 0 aliphatic carbocycles. The number of piperidine rings is 1. The van der Waals surface area contributed by atoms with E-state index in [2.05, 4.69) is 17.3 Å². The van der Waals surface area contributed by atoms with Gasteiger partial charge in [0.15, 0.2) is 0 Å². The molecular formula is C20H31N5O2. The molecule has 1 aromatic rings. The maximum Gasteiger partial charge on any atom is 0.225 e. The van der Waals surface area contributed by atoms with Crippen LogP contribution in [0.4, 0.5) is 5.82 Å². The standard InChI is InChI=1S/C20H31N5O2/c1-21-20-16-7-8-24(2)13-17(16)22-19(23-20)14-5-9-25(10-6-14)18(26)12-15-4-3-11-27-15/h14-15H,3-13H2,1-2H3,(H,21,22,23). The van der Waals surface area contributed by atoms with Crippen LogP contribution in [0.2, 0.25) is 0 Å². The summed E-state index contributed by atoms with van der Waals surface area (Å²) < 4.78 is 5.61. The number of nitrogens with one attached hydrogen (secondary N) is 1. The van der Waals surface area contributed by atoms with E-state index in [1.54, 1.807) is 0 Å². The minimum Gasteiger partial charge on any atom is -0.378 e.